The van der Waals surface area contributed by atoms with Crippen LogP contribution in [0.4, 0.5) is 0 Å². The third-order valence-corrected chi connectivity index (χ3v) is 3.72. The zero-order valence-corrected chi connectivity index (χ0v) is 14.2. The van der Waals surface area contributed by atoms with Crippen LogP contribution >= 0.6 is 0 Å². The number of carbonyl (C=O) groups excluding carboxylic acids is 1. The van der Waals surface area contributed by atoms with Crippen molar-refractivity contribution in [3.8, 4) is 16.9 Å². The van der Waals surface area contributed by atoms with Crippen LogP contribution < -0.4 is 10.5 Å². The Bertz CT molecular complexity index is 620. The molecule has 0 aliphatic carbocycles. The van der Waals surface area contributed by atoms with E-state index in [1.807, 2.05) is 24.3 Å². The van der Waals surface area contributed by atoms with E-state index in [0.717, 1.165) is 36.9 Å². The van der Waals surface area contributed by atoms with Crippen LogP contribution in [-0.4, -0.2) is 25.7 Å². The molecule has 0 unspecified atom stereocenters. The average molecular weight is 327 g/mol. The van der Waals surface area contributed by atoms with Gasteiger partial charge in [-0.1, -0.05) is 36.4 Å². The fourth-order valence-electron chi connectivity index (χ4n) is 2.43. The maximum atomic E-state index is 11.3. The van der Waals surface area contributed by atoms with Crippen LogP contribution in [0.1, 0.15) is 25.3 Å². The molecule has 24 heavy (non-hydrogen) atoms. The highest BCUT2D eigenvalue weighted by molar-refractivity contribution is 5.71. The Kier molecular flexibility index (Phi) is 7.30. The van der Waals surface area contributed by atoms with E-state index < -0.39 is 0 Å². The molecule has 0 heterocycles. The van der Waals surface area contributed by atoms with Crippen molar-refractivity contribution >= 4 is 5.97 Å². The second-order valence-corrected chi connectivity index (χ2v) is 5.56. The largest absolute Gasteiger partial charge is 0.482 e. The van der Waals surface area contributed by atoms with Gasteiger partial charge in [0, 0.05) is 0 Å². The summed E-state index contributed by atoms with van der Waals surface area (Å²) in [6, 6.07) is 16.3. The monoisotopic (exact) mass is 327 g/mol. The molecular formula is C20H25NO3. The number of nitrogens with two attached hydrogens (primary N) is 1. The average Bonchev–Trinajstić information content (AvgIpc) is 2.62. The van der Waals surface area contributed by atoms with Crippen molar-refractivity contribution in [3.05, 3.63) is 54.1 Å². The second-order valence-electron chi connectivity index (χ2n) is 5.56. The summed E-state index contributed by atoms with van der Waals surface area (Å²) in [4.78, 5) is 11.3. The molecule has 0 spiro atoms. The summed E-state index contributed by atoms with van der Waals surface area (Å²) in [7, 11) is 0. The molecule has 0 atom stereocenters. The Morgan fingerprint density at radius 3 is 2.17 bits per heavy atom. The number of carbonyl (C=O) groups is 1. The molecular weight excluding hydrogens is 302 g/mol. The highest BCUT2D eigenvalue weighted by atomic mass is 16.6. The van der Waals surface area contributed by atoms with Crippen molar-refractivity contribution < 1.29 is 14.3 Å². The lowest BCUT2D eigenvalue weighted by atomic mass is 10.0. The van der Waals surface area contributed by atoms with Crippen molar-refractivity contribution in [1.29, 1.82) is 0 Å². The summed E-state index contributed by atoms with van der Waals surface area (Å²) in [5.74, 6) is 0.303. The van der Waals surface area contributed by atoms with Crippen molar-refractivity contribution in [3.63, 3.8) is 0 Å². The normalized spacial score (nSPS) is 10.4. The van der Waals surface area contributed by atoms with Gasteiger partial charge in [0.05, 0.1) is 6.61 Å². The van der Waals surface area contributed by atoms with Gasteiger partial charge in [0.1, 0.15) is 5.75 Å². The van der Waals surface area contributed by atoms with Gasteiger partial charge in [0.25, 0.3) is 0 Å². The van der Waals surface area contributed by atoms with Crippen LogP contribution in [0.25, 0.3) is 11.1 Å². The summed E-state index contributed by atoms with van der Waals surface area (Å²) >= 11 is 0. The first-order valence-electron chi connectivity index (χ1n) is 8.40. The first-order valence-corrected chi connectivity index (χ1v) is 8.40. The van der Waals surface area contributed by atoms with E-state index in [0.29, 0.717) is 12.4 Å². The van der Waals surface area contributed by atoms with Gasteiger partial charge in [0.15, 0.2) is 6.61 Å². The number of hydrogen-bond donors (Lipinski definition) is 1. The van der Waals surface area contributed by atoms with E-state index in [4.69, 9.17) is 15.2 Å². The standard InChI is InChI=1S/C20H25NO3/c1-2-23-20(22)15-24-19-12-10-18(11-13-19)17-8-6-16(7-9-17)5-3-4-14-21/h6-13H,2-5,14-15,21H2,1H3. The van der Waals surface area contributed by atoms with Crippen LogP contribution in [0.3, 0.4) is 0 Å². The zero-order valence-electron chi connectivity index (χ0n) is 14.2. The Labute approximate surface area is 143 Å². The molecule has 0 amide bonds. The predicted octanol–water partition coefficient (Wildman–Crippen LogP) is 3.58. The smallest absolute Gasteiger partial charge is 0.344 e. The molecule has 0 saturated carbocycles. The molecule has 2 aromatic carbocycles. The summed E-state index contributed by atoms with van der Waals surface area (Å²) in [6.45, 7) is 2.83. The van der Waals surface area contributed by atoms with E-state index in [1.54, 1.807) is 6.92 Å². The van der Waals surface area contributed by atoms with Gasteiger partial charge in [-0.05, 0) is 61.6 Å². The fourth-order valence-corrected chi connectivity index (χ4v) is 2.43. The van der Waals surface area contributed by atoms with Gasteiger partial charge in [-0.3, -0.25) is 0 Å². The summed E-state index contributed by atoms with van der Waals surface area (Å²) in [6.07, 6.45) is 3.26. The number of aryl methyl sites for hydroxylation is 1. The van der Waals surface area contributed by atoms with Crippen molar-refractivity contribution in [2.24, 2.45) is 5.73 Å². The van der Waals surface area contributed by atoms with Crippen molar-refractivity contribution in [1.82, 2.24) is 0 Å². The van der Waals surface area contributed by atoms with Gasteiger partial charge in [0.2, 0.25) is 0 Å². The van der Waals surface area contributed by atoms with Gasteiger partial charge >= 0.3 is 5.97 Å². The lowest BCUT2D eigenvalue weighted by Gasteiger charge is -2.08. The van der Waals surface area contributed by atoms with Crippen LogP contribution in [0.15, 0.2) is 48.5 Å². The summed E-state index contributed by atoms with van der Waals surface area (Å²) in [5, 5.41) is 0. The van der Waals surface area contributed by atoms with E-state index in [2.05, 4.69) is 24.3 Å². The molecule has 2 rings (SSSR count). The number of unbranched alkanes of at least 4 members (excludes halogenated alkanes) is 1. The Morgan fingerprint density at radius 2 is 1.58 bits per heavy atom. The minimum absolute atomic E-state index is 0.0648. The van der Waals surface area contributed by atoms with E-state index in [9.17, 15) is 4.79 Å². The second kappa shape index (κ2) is 9.73. The van der Waals surface area contributed by atoms with Crippen molar-refractivity contribution in [2.75, 3.05) is 19.8 Å². The maximum absolute atomic E-state index is 11.3. The first-order chi connectivity index (χ1) is 11.7. The third kappa shape index (κ3) is 5.70. The molecule has 0 bridgehead atoms. The van der Waals surface area contributed by atoms with Crippen LogP contribution in [0, 0.1) is 0 Å². The Hall–Kier alpha value is -2.33. The number of ether oxygens (including phenoxy) is 2. The third-order valence-electron chi connectivity index (χ3n) is 3.72. The minimum Gasteiger partial charge on any atom is -0.482 e. The molecule has 4 nitrogen and oxygen atoms in total. The lowest BCUT2D eigenvalue weighted by Crippen LogP contribution is -2.14. The number of rotatable bonds is 9. The van der Waals surface area contributed by atoms with Gasteiger partial charge in [-0.15, -0.1) is 0 Å². The molecule has 0 aliphatic rings. The summed E-state index contributed by atoms with van der Waals surface area (Å²) in [5.41, 5.74) is 9.14. The quantitative estimate of drug-likeness (QED) is 0.565. The van der Waals surface area contributed by atoms with Gasteiger partial charge < -0.3 is 15.2 Å². The molecule has 0 fully saturated rings. The molecule has 0 saturated heterocycles. The molecule has 0 radical (unpaired) electrons. The molecule has 4 heteroatoms. The Balaban J connectivity index is 1.91. The van der Waals surface area contributed by atoms with Gasteiger partial charge in [-0.2, -0.15) is 0 Å². The number of hydrogen-bond acceptors (Lipinski definition) is 4. The topological polar surface area (TPSA) is 61.5 Å². The van der Waals surface area contributed by atoms with Crippen LogP contribution in [-0.2, 0) is 16.0 Å². The van der Waals surface area contributed by atoms with Crippen molar-refractivity contribution in [2.45, 2.75) is 26.2 Å². The minimum atomic E-state index is -0.355. The molecule has 0 aromatic heterocycles. The van der Waals surface area contributed by atoms with E-state index in [-0.39, 0.29) is 12.6 Å². The SMILES string of the molecule is CCOC(=O)COc1ccc(-c2ccc(CCCCN)cc2)cc1. The Morgan fingerprint density at radius 1 is 0.958 bits per heavy atom. The van der Waals surface area contributed by atoms with Gasteiger partial charge in [-0.25, -0.2) is 4.79 Å². The molecule has 2 N–H and O–H groups in total. The first kappa shape index (κ1) is 18.0. The molecule has 128 valence electrons. The fraction of sp³-hybridized carbons (Fsp3) is 0.350. The van der Waals surface area contributed by atoms with Crippen LogP contribution in [0.5, 0.6) is 5.75 Å². The summed E-state index contributed by atoms with van der Waals surface area (Å²) < 4.78 is 10.2. The zero-order chi connectivity index (χ0) is 17.2. The van der Waals surface area contributed by atoms with Crippen LogP contribution in [0.2, 0.25) is 0 Å². The lowest BCUT2D eigenvalue weighted by molar-refractivity contribution is -0.145. The highest BCUT2D eigenvalue weighted by Gasteiger charge is 2.04. The van der Waals surface area contributed by atoms with E-state index >= 15 is 0 Å². The van der Waals surface area contributed by atoms with E-state index in [1.165, 1.54) is 5.56 Å². The highest BCUT2D eigenvalue weighted by Crippen LogP contribution is 2.23. The predicted molar refractivity (Wildman–Crippen MR) is 96.0 cm³/mol. The molecule has 2 aromatic rings. The number of benzene rings is 2. The maximum Gasteiger partial charge on any atom is 0.344 e. The number of esters is 1. The molecule has 0 aliphatic heterocycles.